The van der Waals surface area contributed by atoms with Crippen LogP contribution in [0.2, 0.25) is 0 Å². The summed E-state index contributed by atoms with van der Waals surface area (Å²) in [5.74, 6) is -0.664. The summed E-state index contributed by atoms with van der Waals surface area (Å²) in [6.07, 6.45) is -3.63. The lowest BCUT2D eigenvalue weighted by Gasteiger charge is -2.17. The molecule has 8 heteroatoms. The predicted octanol–water partition coefficient (Wildman–Crippen LogP) is 2.73. The Bertz CT molecular complexity index is 756. The molecule has 5 nitrogen and oxygen atoms in total. The summed E-state index contributed by atoms with van der Waals surface area (Å²) in [6.45, 7) is 0.244. The number of hydrogen-bond donors (Lipinski definition) is 1. The second-order valence-corrected chi connectivity index (χ2v) is 5.37. The van der Waals surface area contributed by atoms with Crippen LogP contribution in [0.1, 0.15) is 32.0 Å². The molecule has 0 aliphatic carbocycles. The Balaban J connectivity index is 2.06. The van der Waals surface area contributed by atoms with Crippen molar-refractivity contribution in [2.24, 2.45) is 0 Å². The molecule has 0 aliphatic heterocycles. The number of hydrogen-bond acceptors (Lipinski definition) is 3. The highest BCUT2D eigenvalue weighted by molar-refractivity contribution is 5.94. The molecule has 0 atom stereocenters. The van der Waals surface area contributed by atoms with Gasteiger partial charge in [0.15, 0.2) is 0 Å². The Morgan fingerprint density at radius 2 is 1.68 bits per heavy atom. The van der Waals surface area contributed by atoms with Crippen LogP contribution in [0.25, 0.3) is 0 Å². The third-order valence-corrected chi connectivity index (χ3v) is 3.51. The van der Waals surface area contributed by atoms with E-state index < -0.39 is 17.8 Å². The number of pyridine rings is 1. The zero-order valence-electron chi connectivity index (χ0n) is 13.6. The molecular formula is C17H16F3N3O2. The maximum atomic E-state index is 12.5. The molecule has 0 spiro atoms. The first kappa shape index (κ1) is 18.4. The Morgan fingerprint density at radius 1 is 1.08 bits per heavy atom. The van der Waals surface area contributed by atoms with Gasteiger partial charge < -0.3 is 10.2 Å². The number of nitrogens with zero attached hydrogens (tertiary/aromatic N) is 2. The van der Waals surface area contributed by atoms with Gasteiger partial charge in [-0.1, -0.05) is 12.1 Å². The van der Waals surface area contributed by atoms with Crippen LogP contribution >= 0.6 is 0 Å². The first-order valence-corrected chi connectivity index (χ1v) is 7.32. The van der Waals surface area contributed by atoms with Crippen molar-refractivity contribution >= 4 is 11.8 Å². The fourth-order valence-electron chi connectivity index (χ4n) is 2.16. The summed E-state index contributed by atoms with van der Waals surface area (Å²) < 4.78 is 37.5. The van der Waals surface area contributed by atoms with Crippen LogP contribution < -0.4 is 5.32 Å². The van der Waals surface area contributed by atoms with E-state index in [1.54, 1.807) is 24.3 Å². The zero-order valence-corrected chi connectivity index (χ0v) is 13.6. The molecular weight excluding hydrogens is 335 g/mol. The molecule has 0 fully saturated rings. The molecule has 1 heterocycles. The number of amides is 2. The molecule has 0 bridgehead atoms. The van der Waals surface area contributed by atoms with Crippen LogP contribution in [0.3, 0.4) is 0 Å². The van der Waals surface area contributed by atoms with Gasteiger partial charge in [0.25, 0.3) is 11.8 Å². The van der Waals surface area contributed by atoms with E-state index >= 15 is 0 Å². The minimum Gasteiger partial charge on any atom is -0.355 e. The molecule has 2 aromatic rings. The van der Waals surface area contributed by atoms with Crippen LogP contribution in [0.4, 0.5) is 13.2 Å². The van der Waals surface area contributed by atoms with Crippen molar-refractivity contribution in [3.63, 3.8) is 0 Å². The SMILES string of the molecule is CNC(=O)c1ccc(CN(C)C(=O)c2ccc(C(F)(F)F)nc2)cc1. The Morgan fingerprint density at radius 3 is 2.16 bits per heavy atom. The van der Waals surface area contributed by atoms with E-state index in [0.717, 1.165) is 23.9 Å². The average molecular weight is 351 g/mol. The van der Waals surface area contributed by atoms with Crippen LogP contribution in [-0.2, 0) is 12.7 Å². The van der Waals surface area contributed by atoms with Crippen molar-refractivity contribution in [3.8, 4) is 0 Å². The molecule has 1 aromatic carbocycles. The second-order valence-electron chi connectivity index (χ2n) is 5.37. The number of alkyl halides is 3. The molecule has 0 saturated carbocycles. The summed E-state index contributed by atoms with van der Waals surface area (Å²) in [6, 6.07) is 8.56. The van der Waals surface area contributed by atoms with Crippen molar-refractivity contribution in [2.45, 2.75) is 12.7 Å². The summed E-state index contributed by atoms with van der Waals surface area (Å²) in [4.78, 5) is 28.4. The van der Waals surface area contributed by atoms with Crippen molar-refractivity contribution in [1.29, 1.82) is 0 Å². The highest BCUT2D eigenvalue weighted by Gasteiger charge is 2.32. The molecule has 2 amide bonds. The van der Waals surface area contributed by atoms with Crippen LogP contribution in [0, 0.1) is 0 Å². The van der Waals surface area contributed by atoms with Crippen molar-refractivity contribution in [3.05, 3.63) is 65.0 Å². The van der Waals surface area contributed by atoms with E-state index in [1.165, 1.54) is 19.0 Å². The normalized spacial score (nSPS) is 11.1. The maximum absolute atomic E-state index is 12.5. The van der Waals surface area contributed by atoms with Gasteiger partial charge in [-0.2, -0.15) is 13.2 Å². The van der Waals surface area contributed by atoms with Crippen molar-refractivity contribution < 1.29 is 22.8 Å². The summed E-state index contributed by atoms with van der Waals surface area (Å²) in [5, 5.41) is 2.51. The lowest BCUT2D eigenvalue weighted by molar-refractivity contribution is -0.141. The topological polar surface area (TPSA) is 62.3 Å². The van der Waals surface area contributed by atoms with E-state index in [4.69, 9.17) is 0 Å². The maximum Gasteiger partial charge on any atom is 0.433 e. The quantitative estimate of drug-likeness (QED) is 0.921. The molecule has 0 aliphatic rings. The molecule has 0 radical (unpaired) electrons. The smallest absolute Gasteiger partial charge is 0.355 e. The van der Waals surface area contributed by atoms with E-state index in [9.17, 15) is 22.8 Å². The fourth-order valence-corrected chi connectivity index (χ4v) is 2.16. The Labute approximate surface area is 142 Å². The zero-order chi connectivity index (χ0) is 18.6. The summed E-state index contributed by atoms with van der Waals surface area (Å²) in [5.41, 5.74) is 0.296. The predicted molar refractivity (Wildman–Crippen MR) is 84.9 cm³/mol. The highest BCUT2D eigenvalue weighted by atomic mass is 19.4. The van der Waals surface area contributed by atoms with Gasteiger partial charge in [0.1, 0.15) is 5.69 Å². The molecule has 1 aromatic heterocycles. The van der Waals surface area contributed by atoms with E-state index in [2.05, 4.69) is 10.3 Å². The molecule has 2 rings (SSSR count). The third-order valence-electron chi connectivity index (χ3n) is 3.51. The van der Waals surface area contributed by atoms with E-state index in [0.29, 0.717) is 5.56 Å². The Kier molecular flexibility index (Phi) is 5.41. The number of nitrogens with one attached hydrogen (secondary N) is 1. The van der Waals surface area contributed by atoms with Gasteiger partial charge in [0.2, 0.25) is 0 Å². The van der Waals surface area contributed by atoms with Crippen LogP contribution in [0.5, 0.6) is 0 Å². The monoisotopic (exact) mass is 351 g/mol. The first-order valence-electron chi connectivity index (χ1n) is 7.32. The largest absolute Gasteiger partial charge is 0.433 e. The summed E-state index contributed by atoms with van der Waals surface area (Å²) in [7, 11) is 3.06. The molecule has 0 unspecified atom stereocenters. The highest BCUT2D eigenvalue weighted by Crippen LogP contribution is 2.27. The molecule has 132 valence electrons. The molecule has 0 saturated heterocycles. The van der Waals surface area contributed by atoms with Gasteiger partial charge in [-0.3, -0.25) is 14.6 Å². The van der Waals surface area contributed by atoms with Gasteiger partial charge in [-0.15, -0.1) is 0 Å². The number of benzene rings is 1. The number of aromatic nitrogens is 1. The van der Waals surface area contributed by atoms with Gasteiger partial charge >= 0.3 is 6.18 Å². The number of rotatable bonds is 4. The van der Waals surface area contributed by atoms with Gasteiger partial charge in [-0.05, 0) is 29.8 Å². The second kappa shape index (κ2) is 7.33. The summed E-state index contributed by atoms with van der Waals surface area (Å²) >= 11 is 0. The minimum atomic E-state index is -4.54. The van der Waals surface area contributed by atoms with Crippen molar-refractivity contribution in [2.75, 3.05) is 14.1 Å². The standard InChI is InChI=1S/C17H16F3N3O2/c1-21-15(24)12-5-3-11(4-6-12)10-23(2)16(25)13-7-8-14(22-9-13)17(18,19)20/h3-9H,10H2,1-2H3,(H,21,24). The molecule has 1 N–H and O–H groups in total. The van der Waals surface area contributed by atoms with Crippen molar-refractivity contribution in [1.82, 2.24) is 15.2 Å². The third kappa shape index (κ3) is 4.56. The van der Waals surface area contributed by atoms with Crippen LogP contribution in [0.15, 0.2) is 42.6 Å². The van der Waals surface area contributed by atoms with E-state index in [1.807, 2.05) is 0 Å². The van der Waals surface area contributed by atoms with Crippen LogP contribution in [-0.4, -0.2) is 35.8 Å². The van der Waals surface area contributed by atoms with Gasteiger partial charge in [-0.25, -0.2) is 0 Å². The minimum absolute atomic E-state index is 0.0671. The lowest BCUT2D eigenvalue weighted by atomic mass is 10.1. The fraction of sp³-hybridized carbons (Fsp3) is 0.235. The number of halogens is 3. The van der Waals surface area contributed by atoms with Gasteiger partial charge in [0.05, 0.1) is 5.56 Å². The van der Waals surface area contributed by atoms with E-state index in [-0.39, 0.29) is 18.0 Å². The molecule has 25 heavy (non-hydrogen) atoms. The van der Waals surface area contributed by atoms with Gasteiger partial charge in [0, 0.05) is 32.4 Å². The Hall–Kier alpha value is -2.90. The average Bonchev–Trinajstić information content (AvgIpc) is 2.60. The lowest BCUT2D eigenvalue weighted by Crippen LogP contribution is -2.26. The number of carbonyl (C=O) groups is 2. The first-order chi connectivity index (χ1) is 11.7. The number of carbonyl (C=O) groups excluding carboxylic acids is 2.